The summed E-state index contributed by atoms with van der Waals surface area (Å²) in [7, 11) is 1.64. The SMILES string of the molecule is COc1cc2c(cc1-c1noc3ccsc13)O2. The first-order chi connectivity index (χ1) is 8.36. The van der Waals surface area contributed by atoms with Gasteiger partial charge in [-0.3, -0.25) is 0 Å². The van der Waals surface area contributed by atoms with E-state index in [0.717, 1.165) is 38.8 Å². The summed E-state index contributed by atoms with van der Waals surface area (Å²) in [5.41, 5.74) is 2.52. The number of fused-ring (bicyclic) bond motifs is 2. The van der Waals surface area contributed by atoms with Crippen LogP contribution in [-0.4, -0.2) is 12.3 Å². The van der Waals surface area contributed by atoms with Gasteiger partial charge in [-0.05, 0) is 17.5 Å². The summed E-state index contributed by atoms with van der Waals surface area (Å²) in [4.78, 5) is 0. The third kappa shape index (κ3) is 1.20. The quantitative estimate of drug-likeness (QED) is 0.505. The predicted molar refractivity (Wildman–Crippen MR) is 63.9 cm³/mol. The molecule has 0 atom stereocenters. The Morgan fingerprint density at radius 1 is 1.29 bits per heavy atom. The standard InChI is InChI=1S/C12H7NO3S/c1-14-8-5-10-9(15-10)4-6(8)11-12-7(16-13-11)2-3-17-12/h2-5H,1H3. The lowest BCUT2D eigenvalue weighted by Gasteiger charge is -2.02. The average molecular weight is 245 g/mol. The molecular formula is C12H7NO3S. The van der Waals surface area contributed by atoms with E-state index in [2.05, 4.69) is 5.16 Å². The molecule has 5 heteroatoms. The van der Waals surface area contributed by atoms with Crippen molar-refractivity contribution in [2.24, 2.45) is 0 Å². The molecule has 0 spiro atoms. The van der Waals surface area contributed by atoms with Crippen molar-refractivity contribution < 1.29 is 14.0 Å². The second-order valence-electron chi connectivity index (χ2n) is 3.75. The molecule has 0 fully saturated rings. The maximum Gasteiger partial charge on any atom is 0.178 e. The van der Waals surface area contributed by atoms with Gasteiger partial charge >= 0.3 is 0 Å². The summed E-state index contributed by atoms with van der Waals surface area (Å²) in [6.07, 6.45) is 0. The molecule has 1 aliphatic rings. The molecule has 0 saturated carbocycles. The second-order valence-corrected chi connectivity index (χ2v) is 4.66. The van der Waals surface area contributed by atoms with Gasteiger partial charge in [0.2, 0.25) is 0 Å². The summed E-state index contributed by atoms with van der Waals surface area (Å²) in [6, 6.07) is 5.72. The highest BCUT2D eigenvalue weighted by Gasteiger charge is 2.26. The first-order valence-electron chi connectivity index (χ1n) is 5.10. The Hall–Kier alpha value is -2.01. The molecule has 0 aliphatic carbocycles. The van der Waals surface area contributed by atoms with Crippen molar-refractivity contribution in [3.8, 4) is 28.5 Å². The van der Waals surface area contributed by atoms with Crippen LogP contribution in [-0.2, 0) is 0 Å². The fraction of sp³-hybridized carbons (Fsp3) is 0.0833. The zero-order chi connectivity index (χ0) is 11.4. The van der Waals surface area contributed by atoms with Crippen LogP contribution in [0.5, 0.6) is 17.2 Å². The molecule has 4 nitrogen and oxygen atoms in total. The summed E-state index contributed by atoms with van der Waals surface area (Å²) < 4.78 is 16.9. The third-order valence-corrected chi connectivity index (χ3v) is 3.68. The van der Waals surface area contributed by atoms with Crippen molar-refractivity contribution in [1.82, 2.24) is 5.16 Å². The van der Waals surface area contributed by atoms with Crippen LogP contribution in [0.15, 0.2) is 28.1 Å². The van der Waals surface area contributed by atoms with E-state index in [1.807, 2.05) is 23.6 Å². The Balaban J connectivity index is 2.01. The van der Waals surface area contributed by atoms with Crippen LogP contribution in [0, 0.1) is 0 Å². The van der Waals surface area contributed by atoms with Gasteiger partial charge in [0, 0.05) is 6.07 Å². The molecule has 0 saturated heterocycles. The molecule has 0 N–H and O–H groups in total. The number of benzene rings is 1. The van der Waals surface area contributed by atoms with Crippen LogP contribution >= 0.6 is 11.3 Å². The van der Waals surface area contributed by atoms with Crippen molar-refractivity contribution >= 4 is 21.6 Å². The van der Waals surface area contributed by atoms with Gasteiger partial charge in [-0.1, -0.05) is 5.16 Å². The number of hydrogen-bond donors (Lipinski definition) is 0. The zero-order valence-electron chi connectivity index (χ0n) is 8.89. The minimum atomic E-state index is 0.754. The van der Waals surface area contributed by atoms with Crippen LogP contribution in [0.3, 0.4) is 0 Å². The van der Waals surface area contributed by atoms with Gasteiger partial charge in [-0.25, -0.2) is 0 Å². The van der Waals surface area contributed by atoms with Crippen LogP contribution in [0.25, 0.3) is 21.5 Å². The Kier molecular flexibility index (Phi) is 1.61. The van der Waals surface area contributed by atoms with Crippen molar-refractivity contribution in [2.75, 3.05) is 7.11 Å². The molecule has 3 aromatic rings. The van der Waals surface area contributed by atoms with Gasteiger partial charge in [-0.15, -0.1) is 11.3 Å². The number of rotatable bonds is 2. The summed E-state index contributed by atoms with van der Waals surface area (Å²) in [5, 5.41) is 6.08. The van der Waals surface area contributed by atoms with E-state index in [-0.39, 0.29) is 0 Å². The first kappa shape index (κ1) is 9.07. The lowest BCUT2D eigenvalue weighted by molar-refractivity contribution is 0.415. The number of thiophene rings is 1. The maximum atomic E-state index is 5.35. The molecule has 84 valence electrons. The molecule has 0 amide bonds. The topological polar surface area (TPSA) is 47.8 Å². The maximum absolute atomic E-state index is 5.35. The normalized spacial score (nSPS) is 12.3. The van der Waals surface area contributed by atoms with E-state index in [1.165, 1.54) is 0 Å². The van der Waals surface area contributed by atoms with Crippen molar-refractivity contribution in [1.29, 1.82) is 0 Å². The zero-order valence-corrected chi connectivity index (χ0v) is 9.71. The highest BCUT2D eigenvalue weighted by molar-refractivity contribution is 7.17. The van der Waals surface area contributed by atoms with Gasteiger partial charge in [-0.2, -0.15) is 0 Å². The average Bonchev–Trinajstić information content (AvgIpc) is 2.76. The summed E-state index contributed by atoms with van der Waals surface area (Å²) in [6.45, 7) is 0. The third-order valence-electron chi connectivity index (χ3n) is 2.78. The molecule has 0 radical (unpaired) electrons. The fourth-order valence-corrected chi connectivity index (χ4v) is 2.70. The number of nitrogens with zero attached hydrogens (tertiary/aromatic N) is 1. The van der Waals surface area contributed by atoms with E-state index < -0.39 is 0 Å². The lowest BCUT2D eigenvalue weighted by Crippen LogP contribution is -1.85. The molecule has 17 heavy (non-hydrogen) atoms. The van der Waals surface area contributed by atoms with Crippen LogP contribution in [0.1, 0.15) is 0 Å². The van der Waals surface area contributed by atoms with Gasteiger partial charge in [0.25, 0.3) is 0 Å². The number of methoxy groups -OCH3 is 1. The predicted octanol–water partition coefficient (Wildman–Crippen LogP) is 3.67. The first-order valence-corrected chi connectivity index (χ1v) is 5.98. The van der Waals surface area contributed by atoms with Crippen LogP contribution in [0.2, 0.25) is 0 Å². The lowest BCUT2D eigenvalue weighted by atomic mass is 10.1. The highest BCUT2D eigenvalue weighted by atomic mass is 32.1. The molecule has 1 aliphatic heterocycles. The molecule has 4 rings (SSSR count). The van der Waals surface area contributed by atoms with E-state index in [4.69, 9.17) is 14.0 Å². The largest absolute Gasteiger partial charge is 0.496 e. The number of aromatic nitrogens is 1. The molecule has 2 aromatic heterocycles. The van der Waals surface area contributed by atoms with E-state index in [9.17, 15) is 0 Å². The van der Waals surface area contributed by atoms with E-state index in [0.29, 0.717) is 0 Å². The monoisotopic (exact) mass is 245 g/mol. The van der Waals surface area contributed by atoms with E-state index in [1.54, 1.807) is 18.4 Å². The fourth-order valence-electron chi connectivity index (χ4n) is 1.90. The Morgan fingerprint density at radius 3 is 3.06 bits per heavy atom. The Morgan fingerprint density at radius 2 is 2.18 bits per heavy atom. The minimum Gasteiger partial charge on any atom is -0.496 e. The van der Waals surface area contributed by atoms with Crippen molar-refractivity contribution in [3.05, 3.63) is 23.6 Å². The minimum absolute atomic E-state index is 0.754. The molecule has 0 bridgehead atoms. The Labute approximate surface area is 100 Å². The molecular weight excluding hydrogens is 238 g/mol. The van der Waals surface area contributed by atoms with Crippen molar-refractivity contribution in [2.45, 2.75) is 0 Å². The summed E-state index contributed by atoms with van der Waals surface area (Å²) >= 11 is 1.60. The smallest absolute Gasteiger partial charge is 0.178 e. The van der Waals surface area contributed by atoms with Gasteiger partial charge in [0.1, 0.15) is 16.1 Å². The van der Waals surface area contributed by atoms with Gasteiger partial charge in [0.15, 0.2) is 17.1 Å². The molecule has 0 unspecified atom stereocenters. The summed E-state index contributed by atoms with van der Waals surface area (Å²) in [5.74, 6) is 2.51. The Bertz CT molecular complexity index is 729. The van der Waals surface area contributed by atoms with Gasteiger partial charge in [0.05, 0.1) is 12.7 Å². The number of hydrogen-bond acceptors (Lipinski definition) is 5. The van der Waals surface area contributed by atoms with E-state index >= 15 is 0 Å². The van der Waals surface area contributed by atoms with Crippen LogP contribution in [0.4, 0.5) is 0 Å². The van der Waals surface area contributed by atoms with Crippen molar-refractivity contribution in [3.63, 3.8) is 0 Å². The molecule has 1 aromatic carbocycles. The second kappa shape index (κ2) is 3.01. The highest BCUT2D eigenvalue weighted by Crippen LogP contribution is 2.52. The van der Waals surface area contributed by atoms with Gasteiger partial charge < -0.3 is 14.0 Å². The van der Waals surface area contributed by atoms with Crippen LogP contribution < -0.4 is 9.47 Å². The molecule has 3 heterocycles. The number of ether oxygens (including phenoxy) is 2.